The van der Waals surface area contributed by atoms with Gasteiger partial charge < -0.3 is 14.7 Å². The van der Waals surface area contributed by atoms with Crippen molar-refractivity contribution in [1.29, 1.82) is 0 Å². The molecule has 1 saturated heterocycles. The standard InChI is InChI=1S/C17H24FN7/c1-5-13-15(18)16(20-11-19-13)25-8-6-24(7-9-25)14-10-12(2)21-17(22-14)23(3)4/h10-11H,5-9H2,1-4H3. The van der Waals surface area contributed by atoms with Gasteiger partial charge in [-0.25, -0.2) is 19.3 Å². The van der Waals surface area contributed by atoms with E-state index >= 15 is 0 Å². The Bertz CT molecular complexity index is 742. The SMILES string of the molecule is CCc1ncnc(N2CCN(c3cc(C)nc(N(C)C)n3)CC2)c1F. The van der Waals surface area contributed by atoms with Crippen molar-refractivity contribution in [3.63, 3.8) is 0 Å². The summed E-state index contributed by atoms with van der Waals surface area (Å²) >= 11 is 0. The van der Waals surface area contributed by atoms with Crippen LogP contribution in [0.2, 0.25) is 0 Å². The minimum Gasteiger partial charge on any atom is -0.353 e. The summed E-state index contributed by atoms with van der Waals surface area (Å²) in [6, 6.07) is 1.99. The van der Waals surface area contributed by atoms with Crippen molar-refractivity contribution in [2.24, 2.45) is 0 Å². The molecule has 2 aromatic rings. The molecule has 1 aliphatic rings. The summed E-state index contributed by atoms with van der Waals surface area (Å²) in [5, 5.41) is 0. The molecule has 0 spiro atoms. The lowest BCUT2D eigenvalue weighted by Gasteiger charge is -2.36. The van der Waals surface area contributed by atoms with E-state index in [4.69, 9.17) is 0 Å². The Morgan fingerprint density at radius 1 is 1.08 bits per heavy atom. The zero-order chi connectivity index (χ0) is 18.0. The van der Waals surface area contributed by atoms with Gasteiger partial charge >= 0.3 is 0 Å². The molecule has 3 rings (SSSR count). The third-order valence-electron chi connectivity index (χ3n) is 4.31. The van der Waals surface area contributed by atoms with Crippen LogP contribution in [0.25, 0.3) is 0 Å². The lowest BCUT2D eigenvalue weighted by molar-refractivity contribution is 0.567. The van der Waals surface area contributed by atoms with Gasteiger partial charge in [0.2, 0.25) is 5.95 Å². The zero-order valence-corrected chi connectivity index (χ0v) is 15.2. The number of anilines is 3. The number of aryl methyl sites for hydroxylation is 2. The van der Waals surface area contributed by atoms with Crippen LogP contribution < -0.4 is 14.7 Å². The molecular weight excluding hydrogens is 321 g/mol. The lowest BCUT2D eigenvalue weighted by Crippen LogP contribution is -2.47. The summed E-state index contributed by atoms with van der Waals surface area (Å²) in [5.41, 5.74) is 1.40. The Morgan fingerprint density at radius 2 is 1.76 bits per heavy atom. The fraction of sp³-hybridized carbons (Fsp3) is 0.529. The minimum atomic E-state index is -0.300. The van der Waals surface area contributed by atoms with Crippen LogP contribution in [-0.2, 0) is 6.42 Å². The monoisotopic (exact) mass is 345 g/mol. The van der Waals surface area contributed by atoms with Crippen molar-refractivity contribution in [3.8, 4) is 0 Å². The maximum Gasteiger partial charge on any atom is 0.226 e. The Hall–Kier alpha value is -2.51. The van der Waals surface area contributed by atoms with E-state index in [0.717, 1.165) is 24.6 Å². The number of halogens is 1. The minimum absolute atomic E-state index is 0.300. The van der Waals surface area contributed by atoms with Gasteiger partial charge in [-0.05, 0) is 13.3 Å². The molecule has 3 heterocycles. The molecule has 0 aromatic carbocycles. The van der Waals surface area contributed by atoms with E-state index in [0.29, 0.717) is 37.0 Å². The summed E-state index contributed by atoms with van der Waals surface area (Å²) in [6.45, 7) is 6.77. The maximum absolute atomic E-state index is 14.5. The molecule has 0 unspecified atom stereocenters. The van der Waals surface area contributed by atoms with Crippen LogP contribution in [0.1, 0.15) is 18.3 Å². The smallest absolute Gasteiger partial charge is 0.226 e. The number of hydrogen-bond donors (Lipinski definition) is 0. The molecule has 1 fully saturated rings. The molecule has 8 heteroatoms. The van der Waals surface area contributed by atoms with Gasteiger partial charge in [-0.2, -0.15) is 4.98 Å². The van der Waals surface area contributed by atoms with Gasteiger partial charge in [0, 0.05) is 52.0 Å². The molecule has 0 atom stereocenters. The first kappa shape index (κ1) is 17.3. The number of rotatable bonds is 4. The summed E-state index contributed by atoms with van der Waals surface area (Å²) in [7, 11) is 3.86. The molecule has 134 valence electrons. The predicted molar refractivity (Wildman–Crippen MR) is 96.9 cm³/mol. The number of hydrogen-bond acceptors (Lipinski definition) is 7. The van der Waals surface area contributed by atoms with Crippen LogP contribution in [0.3, 0.4) is 0 Å². The molecular formula is C17H24FN7. The Kier molecular flexibility index (Phi) is 4.96. The van der Waals surface area contributed by atoms with E-state index in [1.54, 1.807) is 0 Å². The average molecular weight is 345 g/mol. The van der Waals surface area contributed by atoms with Crippen molar-refractivity contribution in [2.45, 2.75) is 20.3 Å². The highest BCUT2D eigenvalue weighted by Gasteiger charge is 2.23. The van der Waals surface area contributed by atoms with Crippen molar-refractivity contribution >= 4 is 17.6 Å². The number of nitrogens with zero attached hydrogens (tertiary/aromatic N) is 7. The first-order valence-corrected chi connectivity index (χ1v) is 8.52. The maximum atomic E-state index is 14.5. The second-order valence-electron chi connectivity index (χ2n) is 6.35. The van der Waals surface area contributed by atoms with Crippen LogP contribution in [0, 0.1) is 12.7 Å². The summed E-state index contributed by atoms with van der Waals surface area (Å²) in [4.78, 5) is 23.3. The normalized spacial score (nSPS) is 14.8. The van der Waals surface area contributed by atoms with Gasteiger partial charge in [0.15, 0.2) is 11.6 Å². The van der Waals surface area contributed by atoms with E-state index in [1.165, 1.54) is 6.33 Å². The second kappa shape index (κ2) is 7.16. The fourth-order valence-corrected chi connectivity index (χ4v) is 2.91. The van der Waals surface area contributed by atoms with Crippen molar-refractivity contribution in [1.82, 2.24) is 19.9 Å². The number of piperazine rings is 1. The van der Waals surface area contributed by atoms with Crippen LogP contribution in [0.15, 0.2) is 12.4 Å². The molecule has 0 aliphatic carbocycles. The van der Waals surface area contributed by atoms with Gasteiger partial charge in [-0.1, -0.05) is 6.92 Å². The average Bonchev–Trinajstić information content (AvgIpc) is 2.61. The summed E-state index contributed by atoms with van der Waals surface area (Å²) in [6.07, 6.45) is 2.01. The van der Waals surface area contributed by atoms with Crippen LogP contribution >= 0.6 is 0 Å². The molecule has 2 aromatic heterocycles. The summed E-state index contributed by atoms with van der Waals surface area (Å²) in [5.74, 6) is 1.71. The highest BCUT2D eigenvalue weighted by atomic mass is 19.1. The molecule has 25 heavy (non-hydrogen) atoms. The van der Waals surface area contributed by atoms with E-state index in [9.17, 15) is 4.39 Å². The molecule has 0 N–H and O–H groups in total. The van der Waals surface area contributed by atoms with Crippen molar-refractivity contribution in [2.75, 3.05) is 55.0 Å². The van der Waals surface area contributed by atoms with Crippen LogP contribution in [0.4, 0.5) is 22.0 Å². The molecule has 0 radical (unpaired) electrons. The molecule has 1 aliphatic heterocycles. The van der Waals surface area contributed by atoms with Gasteiger partial charge in [0.25, 0.3) is 0 Å². The highest BCUT2D eigenvalue weighted by molar-refractivity contribution is 5.49. The van der Waals surface area contributed by atoms with E-state index in [1.807, 2.05) is 43.8 Å². The Labute approximate surface area is 147 Å². The van der Waals surface area contributed by atoms with Crippen molar-refractivity contribution in [3.05, 3.63) is 29.6 Å². The largest absolute Gasteiger partial charge is 0.353 e. The zero-order valence-electron chi connectivity index (χ0n) is 15.2. The molecule has 7 nitrogen and oxygen atoms in total. The third-order valence-corrected chi connectivity index (χ3v) is 4.31. The van der Waals surface area contributed by atoms with Crippen LogP contribution in [0.5, 0.6) is 0 Å². The molecule has 0 saturated carbocycles. The van der Waals surface area contributed by atoms with Gasteiger partial charge in [0.05, 0.1) is 5.69 Å². The van der Waals surface area contributed by atoms with E-state index in [-0.39, 0.29) is 5.82 Å². The molecule has 0 amide bonds. The lowest BCUT2D eigenvalue weighted by atomic mass is 10.2. The Balaban J connectivity index is 1.74. The number of aromatic nitrogens is 4. The first-order valence-electron chi connectivity index (χ1n) is 8.52. The predicted octanol–water partition coefficient (Wildman–Crippen LogP) is 1.67. The third kappa shape index (κ3) is 3.62. The first-order chi connectivity index (χ1) is 12.0. The topological polar surface area (TPSA) is 61.3 Å². The van der Waals surface area contributed by atoms with Gasteiger partial charge in [-0.15, -0.1) is 0 Å². The van der Waals surface area contributed by atoms with Crippen molar-refractivity contribution < 1.29 is 4.39 Å². The quantitative estimate of drug-likeness (QED) is 0.835. The Morgan fingerprint density at radius 3 is 2.40 bits per heavy atom. The second-order valence-corrected chi connectivity index (χ2v) is 6.35. The van der Waals surface area contributed by atoms with E-state index in [2.05, 4.69) is 24.8 Å². The van der Waals surface area contributed by atoms with E-state index < -0.39 is 0 Å². The molecule has 0 bridgehead atoms. The fourth-order valence-electron chi connectivity index (χ4n) is 2.91. The summed E-state index contributed by atoms with van der Waals surface area (Å²) < 4.78 is 14.5. The van der Waals surface area contributed by atoms with Crippen LogP contribution in [-0.4, -0.2) is 60.2 Å². The highest BCUT2D eigenvalue weighted by Crippen LogP contribution is 2.22. The van der Waals surface area contributed by atoms with Gasteiger partial charge in [-0.3, -0.25) is 0 Å². The van der Waals surface area contributed by atoms with Gasteiger partial charge in [0.1, 0.15) is 12.1 Å².